The monoisotopic (exact) mass is 222 g/mol. The molecule has 5 heteroatoms. The smallest absolute Gasteiger partial charge is 0.229 e. The van der Waals surface area contributed by atoms with Gasteiger partial charge in [-0.3, -0.25) is 9.48 Å². The van der Waals surface area contributed by atoms with Gasteiger partial charge in [0.05, 0.1) is 11.6 Å². The molecule has 1 aliphatic heterocycles. The van der Waals surface area contributed by atoms with Gasteiger partial charge in [0.1, 0.15) is 5.82 Å². The van der Waals surface area contributed by atoms with E-state index >= 15 is 0 Å². The largest absolute Gasteiger partial charge is 0.316 e. The lowest BCUT2D eigenvalue weighted by molar-refractivity contribution is -0.120. The van der Waals surface area contributed by atoms with Gasteiger partial charge in [-0.25, -0.2) is 0 Å². The number of hydrogen-bond acceptors (Lipinski definition) is 3. The summed E-state index contributed by atoms with van der Waals surface area (Å²) in [6, 6.07) is 1.88. The topological polar surface area (TPSA) is 59.0 Å². The maximum Gasteiger partial charge on any atom is 0.229 e. The van der Waals surface area contributed by atoms with Crippen LogP contribution < -0.4 is 10.6 Å². The number of aromatic nitrogens is 2. The van der Waals surface area contributed by atoms with Crippen molar-refractivity contribution in [3.63, 3.8) is 0 Å². The van der Waals surface area contributed by atoms with E-state index in [1.807, 2.05) is 20.0 Å². The summed E-state index contributed by atoms with van der Waals surface area (Å²) in [5.74, 6) is 0.951. The van der Waals surface area contributed by atoms with Crippen LogP contribution in [0.5, 0.6) is 0 Å². The molecule has 0 unspecified atom stereocenters. The third-order valence-corrected chi connectivity index (χ3v) is 2.92. The number of carbonyl (C=O) groups excluding carboxylic acids is 1. The fourth-order valence-electron chi connectivity index (χ4n) is 2.03. The Labute approximate surface area is 95.2 Å². The van der Waals surface area contributed by atoms with Crippen LogP contribution in [0.4, 0.5) is 5.82 Å². The van der Waals surface area contributed by atoms with E-state index in [1.54, 1.807) is 4.68 Å². The minimum absolute atomic E-state index is 0.0870. The zero-order chi connectivity index (χ0) is 11.5. The van der Waals surface area contributed by atoms with Crippen LogP contribution in [0.25, 0.3) is 0 Å². The van der Waals surface area contributed by atoms with Crippen molar-refractivity contribution in [3.05, 3.63) is 11.8 Å². The number of carbonyl (C=O) groups is 1. The maximum atomic E-state index is 11.9. The molecule has 1 aliphatic rings. The van der Waals surface area contributed by atoms with E-state index in [0.29, 0.717) is 0 Å². The second-order valence-electron chi connectivity index (χ2n) is 4.33. The van der Waals surface area contributed by atoms with Crippen LogP contribution >= 0.6 is 0 Å². The number of rotatable bonds is 2. The van der Waals surface area contributed by atoms with Crippen LogP contribution in [0.3, 0.4) is 0 Å². The van der Waals surface area contributed by atoms with Gasteiger partial charge in [0.15, 0.2) is 0 Å². The number of aryl methyl sites for hydroxylation is 2. The Balaban J connectivity index is 1.98. The Morgan fingerprint density at radius 1 is 1.69 bits per heavy atom. The molecule has 0 bridgehead atoms. The normalized spacial score (nSPS) is 20.8. The summed E-state index contributed by atoms with van der Waals surface area (Å²) in [5, 5.41) is 10.4. The summed E-state index contributed by atoms with van der Waals surface area (Å²) in [5.41, 5.74) is 0.916. The molecule has 5 nitrogen and oxygen atoms in total. The Morgan fingerprint density at radius 2 is 2.50 bits per heavy atom. The molecule has 2 heterocycles. The van der Waals surface area contributed by atoms with Gasteiger partial charge in [0.2, 0.25) is 5.91 Å². The summed E-state index contributed by atoms with van der Waals surface area (Å²) in [6.45, 7) is 3.72. The molecule has 1 fully saturated rings. The van der Waals surface area contributed by atoms with Gasteiger partial charge in [-0.05, 0) is 26.3 Å². The number of anilines is 1. The lowest BCUT2D eigenvalue weighted by Gasteiger charge is -2.21. The standard InChI is InChI=1S/C11H18N4O/c1-8-6-10(15(2)14-8)13-11(16)9-4-3-5-12-7-9/h6,9,12H,3-5,7H2,1-2H3,(H,13,16)/t9-/m0/s1. The van der Waals surface area contributed by atoms with Crippen molar-refractivity contribution in [1.82, 2.24) is 15.1 Å². The van der Waals surface area contributed by atoms with Crippen LogP contribution in [0.2, 0.25) is 0 Å². The van der Waals surface area contributed by atoms with Crippen LogP contribution in [0, 0.1) is 12.8 Å². The number of nitrogens with one attached hydrogen (secondary N) is 2. The molecular formula is C11H18N4O. The second-order valence-corrected chi connectivity index (χ2v) is 4.33. The van der Waals surface area contributed by atoms with Crippen molar-refractivity contribution in [2.45, 2.75) is 19.8 Å². The van der Waals surface area contributed by atoms with E-state index in [-0.39, 0.29) is 11.8 Å². The van der Waals surface area contributed by atoms with Crippen LogP contribution in [0.15, 0.2) is 6.07 Å². The highest BCUT2D eigenvalue weighted by molar-refractivity contribution is 5.92. The fourth-order valence-corrected chi connectivity index (χ4v) is 2.03. The number of piperidine rings is 1. The van der Waals surface area contributed by atoms with E-state index in [0.717, 1.165) is 37.4 Å². The zero-order valence-electron chi connectivity index (χ0n) is 9.79. The third-order valence-electron chi connectivity index (χ3n) is 2.92. The number of hydrogen-bond donors (Lipinski definition) is 2. The average molecular weight is 222 g/mol. The van der Waals surface area contributed by atoms with E-state index in [1.165, 1.54) is 0 Å². The molecule has 16 heavy (non-hydrogen) atoms. The Morgan fingerprint density at radius 3 is 3.06 bits per heavy atom. The molecule has 0 aliphatic carbocycles. The SMILES string of the molecule is Cc1cc(NC(=O)[C@H]2CCCNC2)n(C)n1. The van der Waals surface area contributed by atoms with Gasteiger partial charge in [-0.15, -0.1) is 0 Å². The summed E-state index contributed by atoms with van der Waals surface area (Å²) >= 11 is 0. The lowest BCUT2D eigenvalue weighted by Crippen LogP contribution is -2.37. The molecule has 0 radical (unpaired) electrons. The van der Waals surface area contributed by atoms with Crippen molar-refractivity contribution >= 4 is 11.7 Å². The molecule has 1 atom stereocenters. The average Bonchev–Trinajstić information content (AvgIpc) is 2.59. The first kappa shape index (κ1) is 11.1. The zero-order valence-corrected chi connectivity index (χ0v) is 9.79. The maximum absolute atomic E-state index is 11.9. The van der Waals surface area contributed by atoms with Gasteiger partial charge in [-0.2, -0.15) is 5.10 Å². The van der Waals surface area contributed by atoms with Gasteiger partial charge in [0.25, 0.3) is 0 Å². The van der Waals surface area contributed by atoms with E-state index < -0.39 is 0 Å². The Hall–Kier alpha value is -1.36. The minimum Gasteiger partial charge on any atom is -0.316 e. The van der Waals surface area contributed by atoms with Crippen LogP contribution in [0.1, 0.15) is 18.5 Å². The molecule has 1 aromatic heterocycles. The Kier molecular flexibility index (Phi) is 3.24. The molecule has 2 rings (SSSR count). The van der Waals surface area contributed by atoms with Crippen LogP contribution in [-0.2, 0) is 11.8 Å². The summed E-state index contributed by atoms with van der Waals surface area (Å²) < 4.78 is 1.70. The number of nitrogens with zero attached hydrogens (tertiary/aromatic N) is 2. The third kappa shape index (κ3) is 2.41. The first-order chi connectivity index (χ1) is 7.66. The van der Waals surface area contributed by atoms with Gasteiger partial charge < -0.3 is 10.6 Å². The molecule has 0 aromatic carbocycles. The molecule has 0 spiro atoms. The fraction of sp³-hybridized carbons (Fsp3) is 0.636. The molecule has 1 saturated heterocycles. The van der Waals surface area contributed by atoms with E-state index in [9.17, 15) is 4.79 Å². The van der Waals surface area contributed by atoms with Crippen molar-refractivity contribution < 1.29 is 4.79 Å². The van der Waals surface area contributed by atoms with Gasteiger partial charge in [0, 0.05) is 19.7 Å². The quantitative estimate of drug-likeness (QED) is 0.773. The van der Waals surface area contributed by atoms with E-state index in [4.69, 9.17) is 0 Å². The highest BCUT2D eigenvalue weighted by Gasteiger charge is 2.21. The van der Waals surface area contributed by atoms with Crippen molar-refractivity contribution in [2.75, 3.05) is 18.4 Å². The predicted molar refractivity (Wildman–Crippen MR) is 62.2 cm³/mol. The van der Waals surface area contributed by atoms with Gasteiger partial charge >= 0.3 is 0 Å². The van der Waals surface area contributed by atoms with Crippen molar-refractivity contribution in [1.29, 1.82) is 0 Å². The minimum atomic E-state index is 0.0870. The number of amides is 1. The molecular weight excluding hydrogens is 204 g/mol. The van der Waals surface area contributed by atoms with Gasteiger partial charge in [-0.1, -0.05) is 0 Å². The Bertz CT molecular complexity index is 379. The van der Waals surface area contributed by atoms with E-state index in [2.05, 4.69) is 15.7 Å². The first-order valence-corrected chi connectivity index (χ1v) is 5.69. The molecule has 1 amide bonds. The first-order valence-electron chi connectivity index (χ1n) is 5.69. The van der Waals surface area contributed by atoms with Crippen molar-refractivity contribution in [3.8, 4) is 0 Å². The molecule has 0 saturated carbocycles. The lowest BCUT2D eigenvalue weighted by atomic mass is 9.99. The summed E-state index contributed by atoms with van der Waals surface area (Å²) in [4.78, 5) is 11.9. The second kappa shape index (κ2) is 4.65. The summed E-state index contributed by atoms with van der Waals surface area (Å²) in [7, 11) is 1.84. The molecule has 88 valence electrons. The molecule has 1 aromatic rings. The highest BCUT2D eigenvalue weighted by atomic mass is 16.2. The van der Waals surface area contributed by atoms with Crippen molar-refractivity contribution in [2.24, 2.45) is 13.0 Å². The highest BCUT2D eigenvalue weighted by Crippen LogP contribution is 2.14. The summed E-state index contributed by atoms with van der Waals surface area (Å²) in [6.07, 6.45) is 2.04. The van der Waals surface area contributed by atoms with Crippen LogP contribution in [-0.4, -0.2) is 28.8 Å². The molecule has 2 N–H and O–H groups in total. The predicted octanol–water partition coefficient (Wildman–Crippen LogP) is 0.667.